The van der Waals surface area contributed by atoms with E-state index in [2.05, 4.69) is 34.7 Å². The average Bonchev–Trinajstić information content (AvgIpc) is 2.86. The fourth-order valence-electron chi connectivity index (χ4n) is 2.14. The topological polar surface area (TPSA) is 66.9 Å². The predicted octanol–water partition coefficient (Wildman–Crippen LogP) is 4.06. The largest absolute Gasteiger partial charge is 0.337 e. The Morgan fingerprint density at radius 2 is 1.95 bits per heavy atom. The summed E-state index contributed by atoms with van der Waals surface area (Å²) in [6, 6.07) is 7.48. The molecule has 2 rings (SSSR count). The first kappa shape index (κ1) is 16.7. The maximum absolute atomic E-state index is 11.9. The van der Waals surface area contributed by atoms with E-state index in [1.54, 1.807) is 0 Å². The number of amides is 2. The Labute approximate surface area is 139 Å². The molecule has 1 heterocycles. The van der Waals surface area contributed by atoms with Crippen molar-refractivity contribution in [1.82, 2.24) is 15.5 Å². The van der Waals surface area contributed by atoms with Crippen LogP contribution in [0.2, 0.25) is 5.02 Å². The second kappa shape index (κ2) is 7.56. The third-order valence-corrected chi connectivity index (χ3v) is 4.34. The normalized spacial score (nSPS) is 12.2. The minimum atomic E-state index is -0.268. The van der Waals surface area contributed by atoms with E-state index >= 15 is 0 Å². The number of aryl methyl sites for hydroxylation is 1. The SMILES string of the molecule is Cc1nnc(NC(=O)NCC(c2ccc(Cl)cc2)C(C)C)s1. The number of halogens is 1. The molecule has 0 fully saturated rings. The van der Waals surface area contributed by atoms with Gasteiger partial charge in [-0.25, -0.2) is 4.79 Å². The lowest BCUT2D eigenvalue weighted by Gasteiger charge is -2.22. The van der Waals surface area contributed by atoms with Crippen LogP contribution in [0.4, 0.5) is 9.93 Å². The molecule has 0 aliphatic rings. The van der Waals surface area contributed by atoms with E-state index in [9.17, 15) is 4.79 Å². The van der Waals surface area contributed by atoms with Crippen LogP contribution >= 0.6 is 22.9 Å². The van der Waals surface area contributed by atoms with E-state index in [0.29, 0.717) is 22.6 Å². The number of urea groups is 1. The summed E-state index contributed by atoms with van der Waals surface area (Å²) in [6.45, 7) is 6.65. The van der Waals surface area contributed by atoms with Gasteiger partial charge in [-0.15, -0.1) is 10.2 Å². The minimum Gasteiger partial charge on any atom is -0.337 e. The van der Waals surface area contributed by atoms with Crippen LogP contribution in [0, 0.1) is 12.8 Å². The molecule has 0 bridgehead atoms. The zero-order valence-electron chi connectivity index (χ0n) is 12.8. The van der Waals surface area contributed by atoms with E-state index in [4.69, 9.17) is 11.6 Å². The first-order valence-corrected chi connectivity index (χ1v) is 8.25. The fourth-order valence-corrected chi connectivity index (χ4v) is 2.85. The maximum Gasteiger partial charge on any atom is 0.321 e. The molecule has 1 atom stereocenters. The molecule has 22 heavy (non-hydrogen) atoms. The zero-order chi connectivity index (χ0) is 16.1. The molecule has 0 aliphatic carbocycles. The Morgan fingerprint density at radius 1 is 1.27 bits per heavy atom. The highest BCUT2D eigenvalue weighted by Gasteiger charge is 2.17. The average molecular weight is 339 g/mol. The molecule has 0 radical (unpaired) electrons. The molecule has 1 aromatic heterocycles. The highest BCUT2D eigenvalue weighted by Crippen LogP contribution is 2.25. The van der Waals surface area contributed by atoms with Crippen LogP contribution in [0.15, 0.2) is 24.3 Å². The highest BCUT2D eigenvalue weighted by molar-refractivity contribution is 7.15. The molecule has 118 valence electrons. The second-order valence-electron chi connectivity index (χ2n) is 5.36. The fraction of sp³-hybridized carbons (Fsp3) is 0.400. The zero-order valence-corrected chi connectivity index (χ0v) is 14.3. The summed E-state index contributed by atoms with van der Waals surface area (Å²) in [7, 11) is 0. The third kappa shape index (κ3) is 4.68. The molecule has 5 nitrogen and oxygen atoms in total. The van der Waals surface area contributed by atoms with Gasteiger partial charge in [-0.3, -0.25) is 5.32 Å². The van der Waals surface area contributed by atoms with Crippen LogP contribution in [0.25, 0.3) is 0 Å². The molecular formula is C15H19ClN4OS. The molecule has 0 aliphatic heterocycles. The van der Waals surface area contributed by atoms with Gasteiger partial charge in [0.25, 0.3) is 0 Å². The molecule has 0 saturated heterocycles. The van der Waals surface area contributed by atoms with E-state index in [1.807, 2.05) is 31.2 Å². The summed E-state index contributed by atoms with van der Waals surface area (Å²) in [5.74, 6) is 0.615. The van der Waals surface area contributed by atoms with Gasteiger partial charge >= 0.3 is 6.03 Å². The van der Waals surface area contributed by atoms with Gasteiger partial charge in [-0.1, -0.05) is 48.9 Å². The van der Waals surface area contributed by atoms with Crippen LogP contribution < -0.4 is 10.6 Å². The van der Waals surface area contributed by atoms with Crippen molar-refractivity contribution in [2.45, 2.75) is 26.7 Å². The molecular weight excluding hydrogens is 320 g/mol. The van der Waals surface area contributed by atoms with Crippen LogP contribution in [0.3, 0.4) is 0 Å². The van der Waals surface area contributed by atoms with Gasteiger partial charge in [0.05, 0.1) is 0 Å². The molecule has 1 unspecified atom stereocenters. The number of carbonyl (C=O) groups is 1. The van der Waals surface area contributed by atoms with Crippen molar-refractivity contribution in [3.05, 3.63) is 39.9 Å². The molecule has 7 heteroatoms. The first-order valence-electron chi connectivity index (χ1n) is 7.06. The van der Waals surface area contributed by atoms with Crippen LogP contribution in [-0.4, -0.2) is 22.8 Å². The summed E-state index contributed by atoms with van der Waals surface area (Å²) in [6.07, 6.45) is 0. The number of rotatable bonds is 5. The third-order valence-electron chi connectivity index (χ3n) is 3.33. The number of carbonyl (C=O) groups excluding carboxylic acids is 1. The number of nitrogens with one attached hydrogen (secondary N) is 2. The lowest BCUT2D eigenvalue weighted by atomic mass is 9.88. The summed E-state index contributed by atoms with van der Waals surface area (Å²) in [5, 5.41) is 15.3. The number of anilines is 1. The van der Waals surface area contributed by atoms with E-state index in [0.717, 1.165) is 10.6 Å². The van der Waals surface area contributed by atoms with Crippen molar-refractivity contribution < 1.29 is 4.79 Å². The monoisotopic (exact) mass is 338 g/mol. The van der Waals surface area contributed by atoms with Gasteiger partial charge in [-0.2, -0.15) is 0 Å². The lowest BCUT2D eigenvalue weighted by molar-refractivity contribution is 0.250. The van der Waals surface area contributed by atoms with Gasteiger partial charge in [0.2, 0.25) is 5.13 Å². The summed E-state index contributed by atoms with van der Waals surface area (Å²) in [5.41, 5.74) is 1.16. The van der Waals surface area contributed by atoms with Crippen LogP contribution in [-0.2, 0) is 0 Å². The summed E-state index contributed by atoms with van der Waals surface area (Å²) in [4.78, 5) is 11.9. The molecule has 2 amide bonds. The minimum absolute atomic E-state index is 0.221. The molecule has 2 N–H and O–H groups in total. The lowest BCUT2D eigenvalue weighted by Crippen LogP contribution is -2.33. The number of nitrogens with zero attached hydrogens (tertiary/aromatic N) is 2. The Hall–Kier alpha value is -1.66. The van der Waals surface area contributed by atoms with Crippen LogP contribution in [0.1, 0.15) is 30.3 Å². The first-order chi connectivity index (χ1) is 10.5. The second-order valence-corrected chi connectivity index (χ2v) is 6.98. The van der Waals surface area contributed by atoms with E-state index in [1.165, 1.54) is 11.3 Å². The molecule has 0 spiro atoms. The molecule has 1 aromatic carbocycles. The quantitative estimate of drug-likeness (QED) is 0.863. The van der Waals surface area contributed by atoms with Gasteiger partial charge in [0, 0.05) is 17.5 Å². The molecule has 2 aromatic rings. The van der Waals surface area contributed by atoms with E-state index < -0.39 is 0 Å². The van der Waals surface area contributed by atoms with Gasteiger partial charge in [-0.05, 0) is 30.5 Å². The Kier molecular flexibility index (Phi) is 5.74. The number of hydrogen-bond acceptors (Lipinski definition) is 4. The Morgan fingerprint density at radius 3 is 2.50 bits per heavy atom. The van der Waals surface area contributed by atoms with Crippen molar-refractivity contribution in [3.8, 4) is 0 Å². The van der Waals surface area contributed by atoms with Crippen LogP contribution in [0.5, 0.6) is 0 Å². The molecule has 0 saturated carbocycles. The number of hydrogen-bond donors (Lipinski definition) is 2. The number of benzene rings is 1. The number of aromatic nitrogens is 2. The Bertz CT molecular complexity index is 627. The van der Waals surface area contributed by atoms with Gasteiger partial charge in [0.1, 0.15) is 5.01 Å². The van der Waals surface area contributed by atoms with Crippen molar-refractivity contribution in [1.29, 1.82) is 0 Å². The van der Waals surface area contributed by atoms with Gasteiger partial charge < -0.3 is 5.32 Å². The van der Waals surface area contributed by atoms with Crippen molar-refractivity contribution >= 4 is 34.1 Å². The van der Waals surface area contributed by atoms with E-state index in [-0.39, 0.29) is 11.9 Å². The summed E-state index contributed by atoms with van der Waals surface area (Å²) < 4.78 is 0. The summed E-state index contributed by atoms with van der Waals surface area (Å²) >= 11 is 7.27. The Balaban J connectivity index is 1.94. The highest BCUT2D eigenvalue weighted by atomic mass is 35.5. The van der Waals surface area contributed by atoms with Crippen molar-refractivity contribution in [2.75, 3.05) is 11.9 Å². The predicted molar refractivity (Wildman–Crippen MR) is 90.7 cm³/mol. The standard InChI is InChI=1S/C15H19ClN4OS/c1-9(2)13(11-4-6-12(16)7-5-11)8-17-14(21)18-15-20-19-10(3)22-15/h4-7,9,13H,8H2,1-3H3,(H2,17,18,20,21). The smallest absolute Gasteiger partial charge is 0.321 e. The van der Waals surface area contributed by atoms with Crippen molar-refractivity contribution in [2.24, 2.45) is 5.92 Å². The van der Waals surface area contributed by atoms with Gasteiger partial charge in [0.15, 0.2) is 0 Å². The maximum atomic E-state index is 11.9. The van der Waals surface area contributed by atoms with Crippen molar-refractivity contribution in [3.63, 3.8) is 0 Å².